The molecule has 1 fully saturated rings. The summed E-state index contributed by atoms with van der Waals surface area (Å²) in [6.07, 6.45) is 1.35. The highest BCUT2D eigenvalue weighted by Gasteiger charge is 2.30. The molecule has 1 heterocycles. The summed E-state index contributed by atoms with van der Waals surface area (Å²) in [5.74, 6) is -0.291. The highest BCUT2D eigenvalue weighted by molar-refractivity contribution is 7.89. The molecule has 126 valence electrons. The second-order valence-electron chi connectivity index (χ2n) is 5.94. The van der Waals surface area contributed by atoms with E-state index in [1.807, 2.05) is 12.1 Å². The smallest absolute Gasteiger partial charge is 0.248 e. The van der Waals surface area contributed by atoms with Crippen LogP contribution in [0.2, 0.25) is 0 Å². The lowest BCUT2D eigenvalue weighted by Gasteiger charge is -2.32. The molecule has 0 spiro atoms. The fourth-order valence-corrected chi connectivity index (χ4v) is 4.72. The Hall–Kier alpha value is -2.18. The van der Waals surface area contributed by atoms with Gasteiger partial charge < -0.3 is 5.73 Å². The van der Waals surface area contributed by atoms with E-state index in [1.54, 1.807) is 42.5 Å². The number of amides is 1. The molecule has 0 unspecified atom stereocenters. The van der Waals surface area contributed by atoms with Gasteiger partial charge in [-0.3, -0.25) is 4.79 Å². The number of benzene rings is 2. The fourth-order valence-electron chi connectivity index (χ4n) is 3.23. The lowest BCUT2D eigenvalue weighted by Crippen LogP contribution is -2.38. The Morgan fingerprint density at radius 2 is 1.54 bits per heavy atom. The van der Waals surface area contributed by atoms with Crippen LogP contribution in [0.1, 0.15) is 34.7 Å². The second-order valence-corrected chi connectivity index (χ2v) is 7.88. The molecular formula is C18H20N2O3S. The van der Waals surface area contributed by atoms with Gasteiger partial charge in [-0.1, -0.05) is 36.4 Å². The van der Waals surface area contributed by atoms with Crippen molar-refractivity contribution in [1.82, 2.24) is 4.31 Å². The Labute approximate surface area is 142 Å². The van der Waals surface area contributed by atoms with Gasteiger partial charge in [-0.05, 0) is 42.5 Å². The Bertz CT molecular complexity index is 826. The van der Waals surface area contributed by atoms with Crippen LogP contribution >= 0.6 is 0 Å². The van der Waals surface area contributed by atoms with Crippen LogP contribution in [0.15, 0.2) is 59.5 Å². The van der Waals surface area contributed by atoms with Crippen molar-refractivity contribution in [2.45, 2.75) is 23.7 Å². The number of nitrogens with two attached hydrogens (primary N) is 1. The van der Waals surface area contributed by atoms with Gasteiger partial charge in [-0.2, -0.15) is 4.31 Å². The van der Waals surface area contributed by atoms with E-state index in [-0.39, 0.29) is 5.92 Å². The van der Waals surface area contributed by atoms with Crippen LogP contribution in [-0.4, -0.2) is 31.7 Å². The zero-order valence-corrected chi connectivity index (χ0v) is 14.1. The Morgan fingerprint density at radius 1 is 0.958 bits per heavy atom. The molecule has 1 saturated heterocycles. The number of hydrogen-bond donors (Lipinski definition) is 1. The molecule has 1 aliphatic heterocycles. The third-order valence-electron chi connectivity index (χ3n) is 4.50. The van der Waals surface area contributed by atoms with E-state index in [1.165, 1.54) is 4.31 Å². The largest absolute Gasteiger partial charge is 0.366 e. The quantitative estimate of drug-likeness (QED) is 0.924. The summed E-state index contributed by atoms with van der Waals surface area (Å²) in [5.41, 5.74) is 6.90. The van der Waals surface area contributed by atoms with E-state index in [0.29, 0.717) is 36.4 Å². The zero-order valence-electron chi connectivity index (χ0n) is 13.3. The van der Waals surface area contributed by atoms with E-state index in [2.05, 4.69) is 0 Å². The summed E-state index contributed by atoms with van der Waals surface area (Å²) in [6, 6.07) is 15.8. The molecular weight excluding hydrogens is 324 g/mol. The summed E-state index contributed by atoms with van der Waals surface area (Å²) in [6.45, 7) is 0.879. The molecule has 0 radical (unpaired) electrons. The summed E-state index contributed by atoms with van der Waals surface area (Å²) in [7, 11) is -3.45. The molecule has 3 rings (SSSR count). The van der Waals surface area contributed by atoms with Gasteiger partial charge in [0.05, 0.1) is 4.90 Å². The van der Waals surface area contributed by atoms with Gasteiger partial charge in [0.25, 0.3) is 0 Å². The lowest BCUT2D eigenvalue weighted by molar-refractivity contribution is 0.0998. The molecule has 0 aliphatic carbocycles. The number of hydrogen-bond acceptors (Lipinski definition) is 3. The van der Waals surface area contributed by atoms with E-state index in [9.17, 15) is 13.2 Å². The molecule has 0 aromatic heterocycles. The minimum atomic E-state index is -3.45. The number of carbonyl (C=O) groups excluding carboxylic acids is 1. The maximum Gasteiger partial charge on any atom is 0.248 e. The summed E-state index contributed by atoms with van der Waals surface area (Å²) in [4.78, 5) is 11.9. The average molecular weight is 344 g/mol. The first-order valence-electron chi connectivity index (χ1n) is 7.94. The molecule has 0 saturated carbocycles. The van der Waals surface area contributed by atoms with Gasteiger partial charge in [-0.15, -0.1) is 0 Å². The lowest BCUT2D eigenvalue weighted by atomic mass is 9.87. The number of rotatable bonds is 4. The first-order valence-corrected chi connectivity index (χ1v) is 9.38. The Morgan fingerprint density at radius 3 is 2.17 bits per heavy atom. The molecule has 1 aliphatic rings. The fraction of sp³-hybridized carbons (Fsp3) is 0.278. The van der Waals surface area contributed by atoms with Crippen LogP contribution < -0.4 is 5.73 Å². The number of piperidine rings is 1. The van der Waals surface area contributed by atoms with Gasteiger partial charge in [-0.25, -0.2) is 8.42 Å². The minimum absolute atomic E-state index is 0.149. The van der Waals surface area contributed by atoms with Crippen molar-refractivity contribution >= 4 is 15.9 Å². The molecule has 0 atom stereocenters. The van der Waals surface area contributed by atoms with Crippen molar-refractivity contribution in [1.29, 1.82) is 0 Å². The summed E-state index contributed by atoms with van der Waals surface area (Å²) < 4.78 is 26.8. The number of primary amides is 1. The summed E-state index contributed by atoms with van der Waals surface area (Å²) >= 11 is 0. The normalized spacial score (nSPS) is 16.8. The highest BCUT2D eigenvalue weighted by Crippen LogP contribution is 2.32. The van der Waals surface area contributed by atoms with Gasteiger partial charge in [0.2, 0.25) is 15.9 Å². The van der Waals surface area contributed by atoms with Gasteiger partial charge in [0.15, 0.2) is 0 Å². The number of carbonyl (C=O) groups is 1. The molecule has 5 nitrogen and oxygen atoms in total. The SMILES string of the molecule is NC(=O)c1ccccc1C1CCN(S(=O)(=O)c2ccccc2)CC1. The van der Waals surface area contributed by atoms with Crippen molar-refractivity contribution in [2.24, 2.45) is 5.73 Å². The predicted octanol–water partition coefficient (Wildman–Crippen LogP) is 2.35. The summed E-state index contributed by atoms with van der Waals surface area (Å²) in [5, 5.41) is 0. The molecule has 2 N–H and O–H groups in total. The van der Waals surface area contributed by atoms with E-state index >= 15 is 0 Å². The monoisotopic (exact) mass is 344 g/mol. The third-order valence-corrected chi connectivity index (χ3v) is 6.41. The zero-order chi connectivity index (χ0) is 17.2. The molecule has 6 heteroatoms. The van der Waals surface area contributed by atoms with Gasteiger partial charge in [0, 0.05) is 18.7 Å². The molecule has 2 aromatic rings. The van der Waals surface area contributed by atoms with Crippen molar-refractivity contribution in [3.63, 3.8) is 0 Å². The number of sulfonamides is 1. The third kappa shape index (κ3) is 3.20. The highest BCUT2D eigenvalue weighted by atomic mass is 32.2. The van der Waals surface area contributed by atoms with E-state index < -0.39 is 15.9 Å². The standard InChI is InChI=1S/C18H20N2O3S/c19-18(21)17-9-5-4-8-16(17)14-10-12-20(13-11-14)24(22,23)15-6-2-1-3-7-15/h1-9,14H,10-13H2,(H2,19,21). The van der Waals surface area contributed by atoms with E-state index in [4.69, 9.17) is 5.73 Å². The van der Waals surface area contributed by atoms with Gasteiger partial charge in [0.1, 0.15) is 0 Å². The van der Waals surface area contributed by atoms with Gasteiger partial charge >= 0.3 is 0 Å². The van der Waals surface area contributed by atoms with Crippen LogP contribution in [0.5, 0.6) is 0 Å². The molecule has 24 heavy (non-hydrogen) atoms. The van der Waals surface area contributed by atoms with Crippen molar-refractivity contribution in [2.75, 3.05) is 13.1 Å². The molecule has 2 aromatic carbocycles. The maximum atomic E-state index is 12.7. The van der Waals surface area contributed by atoms with Crippen LogP contribution in [0.25, 0.3) is 0 Å². The average Bonchev–Trinajstić information content (AvgIpc) is 2.62. The molecule has 0 bridgehead atoms. The van der Waals surface area contributed by atoms with Crippen LogP contribution in [0.3, 0.4) is 0 Å². The minimum Gasteiger partial charge on any atom is -0.366 e. The van der Waals surface area contributed by atoms with Crippen molar-refractivity contribution < 1.29 is 13.2 Å². The van der Waals surface area contributed by atoms with Crippen molar-refractivity contribution in [3.8, 4) is 0 Å². The predicted molar refractivity (Wildman–Crippen MR) is 92.1 cm³/mol. The Balaban J connectivity index is 1.76. The first kappa shape index (κ1) is 16.7. The van der Waals surface area contributed by atoms with E-state index in [0.717, 1.165) is 5.56 Å². The first-order chi connectivity index (χ1) is 11.5. The van der Waals surface area contributed by atoms with Crippen molar-refractivity contribution in [3.05, 3.63) is 65.7 Å². The Kier molecular flexibility index (Phi) is 4.69. The van der Waals surface area contributed by atoms with Crippen LogP contribution in [0.4, 0.5) is 0 Å². The number of nitrogens with zero attached hydrogens (tertiary/aromatic N) is 1. The topological polar surface area (TPSA) is 80.5 Å². The maximum absolute atomic E-state index is 12.7. The molecule has 1 amide bonds. The van der Waals surface area contributed by atoms with Crippen LogP contribution in [-0.2, 0) is 10.0 Å². The van der Waals surface area contributed by atoms with Crippen LogP contribution in [0, 0.1) is 0 Å². The second kappa shape index (κ2) is 6.75.